The first-order valence-electron chi connectivity index (χ1n) is 8.08. The molecule has 0 saturated heterocycles. The predicted molar refractivity (Wildman–Crippen MR) is 89.6 cm³/mol. The second-order valence-electron chi connectivity index (χ2n) is 5.93. The third kappa shape index (κ3) is 4.09. The SMILES string of the molecule is CCCNC(=O)c1nc(C(=O)NCCC(C)C)c2ccccn12. The number of nitrogens with one attached hydrogen (secondary N) is 2. The van der Waals surface area contributed by atoms with Gasteiger partial charge in [-0.25, -0.2) is 4.98 Å². The van der Waals surface area contributed by atoms with Gasteiger partial charge in [-0.2, -0.15) is 0 Å². The molecule has 0 radical (unpaired) electrons. The lowest BCUT2D eigenvalue weighted by Crippen LogP contribution is -2.27. The van der Waals surface area contributed by atoms with Crippen LogP contribution in [0.3, 0.4) is 0 Å². The fourth-order valence-corrected chi connectivity index (χ4v) is 2.24. The van der Waals surface area contributed by atoms with Crippen LogP contribution in [0.15, 0.2) is 24.4 Å². The first-order chi connectivity index (χ1) is 11.0. The predicted octanol–water partition coefficient (Wildman–Crippen LogP) is 2.25. The second kappa shape index (κ2) is 7.76. The molecule has 2 aromatic heterocycles. The van der Waals surface area contributed by atoms with E-state index in [9.17, 15) is 9.59 Å². The van der Waals surface area contributed by atoms with E-state index in [0.29, 0.717) is 24.5 Å². The highest BCUT2D eigenvalue weighted by Crippen LogP contribution is 2.13. The Morgan fingerprint density at radius 3 is 2.61 bits per heavy atom. The number of hydrogen-bond donors (Lipinski definition) is 2. The third-order valence-electron chi connectivity index (χ3n) is 3.51. The molecule has 2 amide bonds. The number of fused-ring (bicyclic) bond motifs is 1. The van der Waals surface area contributed by atoms with Gasteiger partial charge in [-0.05, 0) is 30.9 Å². The number of hydrogen-bond acceptors (Lipinski definition) is 3. The van der Waals surface area contributed by atoms with Crippen LogP contribution in [0, 0.1) is 5.92 Å². The third-order valence-corrected chi connectivity index (χ3v) is 3.51. The molecule has 0 unspecified atom stereocenters. The van der Waals surface area contributed by atoms with Crippen molar-refractivity contribution >= 4 is 17.3 Å². The van der Waals surface area contributed by atoms with E-state index in [-0.39, 0.29) is 23.3 Å². The van der Waals surface area contributed by atoms with Gasteiger partial charge in [-0.3, -0.25) is 14.0 Å². The number of nitrogens with zero attached hydrogens (tertiary/aromatic N) is 2. The van der Waals surface area contributed by atoms with Crippen molar-refractivity contribution in [3.63, 3.8) is 0 Å². The number of rotatable bonds is 7. The number of amides is 2. The average Bonchev–Trinajstić information content (AvgIpc) is 2.92. The van der Waals surface area contributed by atoms with E-state index < -0.39 is 0 Å². The van der Waals surface area contributed by atoms with Crippen LogP contribution in [-0.4, -0.2) is 34.3 Å². The maximum Gasteiger partial charge on any atom is 0.287 e. The van der Waals surface area contributed by atoms with E-state index in [4.69, 9.17) is 0 Å². The molecule has 0 fully saturated rings. The zero-order valence-corrected chi connectivity index (χ0v) is 13.9. The second-order valence-corrected chi connectivity index (χ2v) is 5.93. The summed E-state index contributed by atoms with van der Waals surface area (Å²) in [6, 6.07) is 5.43. The Balaban J connectivity index is 2.26. The van der Waals surface area contributed by atoms with Gasteiger partial charge in [-0.1, -0.05) is 26.8 Å². The molecule has 2 heterocycles. The smallest absolute Gasteiger partial charge is 0.287 e. The Morgan fingerprint density at radius 1 is 1.17 bits per heavy atom. The van der Waals surface area contributed by atoms with Crippen LogP contribution < -0.4 is 10.6 Å². The normalized spacial score (nSPS) is 11.0. The number of carbonyl (C=O) groups is 2. The molecule has 0 bridgehead atoms. The minimum atomic E-state index is -0.269. The summed E-state index contributed by atoms with van der Waals surface area (Å²) in [7, 11) is 0. The van der Waals surface area contributed by atoms with Crippen molar-refractivity contribution in [2.75, 3.05) is 13.1 Å². The molecule has 0 atom stereocenters. The zero-order chi connectivity index (χ0) is 16.8. The van der Waals surface area contributed by atoms with E-state index in [1.807, 2.05) is 19.1 Å². The lowest BCUT2D eigenvalue weighted by atomic mass is 10.1. The van der Waals surface area contributed by atoms with Crippen molar-refractivity contribution < 1.29 is 9.59 Å². The maximum atomic E-state index is 12.4. The van der Waals surface area contributed by atoms with Gasteiger partial charge in [0.05, 0.1) is 5.52 Å². The Bertz CT molecular complexity index is 691. The fraction of sp³-hybridized carbons (Fsp3) is 0.471. The van der Waals surface area contributed by atoms with Gasteiger partial charge in [0, 0.05) is 19.3 Å². The van der Waals surface area contributed by atoms with Gasteiger partial charge in [-0.15, -0.1) is 0 Å². The molecule has 0 aromatic carbocycles. The largest absolute Gasteiger partial charge is 0.351 e. The van der Waals surface area contributed by atoms with Crippen molar-refractivity contribution in [2.24, 2.45) is 5.92 Å². The molecule has 0 aliphatic rings. The van der Waals surface area contributed by atoms with Gasteiger partial charge >= 0.3 is 0 Å². The van der Waals surface area contributed by atoms with Gasteiger partial charge < -0.3 is 10.6 Å². The lowest BCUT2D eigenvalue weighted by molar-refractivity contribution is 0.0942. The van der Waals surface area contributed by atoms with Crippen LogP contribution in [0.5, 0.6) is 0 Å². The Morgan fingerprint density at radius 2 is 1.91 bits per heavy atom. The van der Waals surface area contributed by atoms with Crippen LogP contribution in [0.2, 0.25) is 0 Å². The summed E-state index contributed by atoms with van der Waals surface area (Å²) in [6.45, 7) is 7.37. The summed E-state index contributed by atoms with van der Waals surface area (Å²) in [5.41, 5.74) is 0.923. The molecule has 6 nitrogen and oxygen atoms in total. The topological polar surface area (TPSA) is 75.5 Å². The summed E-state index contributed by atoms with van der Waals surface area (Å²) in [5.74, 6) is 0.241. The molecule has 2 aromatic rings. The standard InChI is InChI=1S/C17H24N4O2/c1-4-9-18-17(23)15-20-14(13-7-5-6-11-21(13)15)16(22)19-10-8-12(2)3/h5-7,11-12H,4,8-10H2,1-3H3,(H,18,23)(H,19,22). The monoisotopic (exact) mass is 316 g/mol. The molecule has 2 rings (SSSR count). The number of pyridine rings is 1. The van der Waals surface area contributed by atoms with Crippen molar-refractivity contribution in [3.05, 3.63) is 35.9 Å². The van der Waals surface area contributed by atoms with Gasteiger partial charge in [0.25, 0.3) is 11.8 Å². The molecule has 0 saturated carbocycles. The summed E-state index contributed by atoms with van der Waals surface area (Å²) in [4.78, 5) is 28.9. The highest BCUT2D eigenvalue weighted by Gasteiger charge is 2.20. The summed E-state index contributed by atoms with van der Waals surface area (Å²) in [6.07, 6.45) is 3.49. The van der Waals surface area contributed by atoms with Crippen LogP contribution in [0.1, 0.15) is 54.7 Å². The van der Waals surface area contributed by atoms with E-state index >= 15 is 0 Å². The molecule has 0 aliphatic carbocycles. The Kier molecular flexibility index (Phi) is 5.73. The van der Waals surface area contributed by atoms with Crippen LogP contribution >= 0.6 is 0 Å². The lowest BCUT2D eigenvalue weighted by Gasteiger charge is -2.05. The molecule has 124 valence electrons. The molecule has 23 heavy (non-hydrogen) atoms. The van der Waals surface area contributed by atoms with E-state index in [2.05, 4.69) is 29.5 Å². The molecule has 0 spiro atoms. The fourth-order valence-electron chi connectivity index (χ4n) is 2.24. The van der Waals surface area contributed by atoms with E-state index in [1.54, 1.807) is 16.7 Å². The molecular formula is C17H24N4O2. The zero-order valence-electron chi connectivity index (χ0n) is 13.9. The minimum absolute atomic E-state index is 0.239. The van der Waals surface area contributed by atoms with Crippen molar-refractivity contribution in [3.8, 4) is 0 Å². The van der Waals surface area contributed by atoms with Crippen LogP contribution in [0.25, 0.3) is 5.52 Å². The summed E-state index contributed by atoms with van der Waals surface area (Å²) >= 11 is 0. The van der Waals surface area contributed by atoms with E-state index in [0.717, 1.165) is 12.8 Å². The molecule has 0 aliphatic heterocycles. The van der Waals surface area contributed by atoms with Crippen molar-refractivity contribution in [2.45, 2.75) is 33.6 Å². The quantitative estimate of drug-likeness (QED) is 0.822. The molecule has 2 N–H and O–H groups in total. The number of carbonyl (C=O) groups excluding carboxylic acids is 2. The number of imidazole rings is 1. The highest BCUT2D eigenvalue weighted by atomic mass is 16.2. The minimum Gasteiger partial charge on any atom is -0.351 e. The van der Waals surface area contributed by atoms with Gasteiger partial charge in [0.2, 0.25) is 5.82 Å². The summed E-state index contributed by atoms with van der Waals surface area (Å²) in [5, 5.41) is 5.67. The highest BCUT2D eigenvalue weighted by molar-refractivity contribution is 6.02. The van der Waals surface area contributed by atoms with Gasteiger partial charge in [0.1, 0.15) is 0 Å². The molecule has 6 heteroatoms. The van der Waals surface area contributed by atoms with E-state index in [1.165, 1.54) is 0 Å². The summed E-state index contributed by atoms with van der Waals surface area (Å²) < 4.78 is 1.66. The maximum absolute atomic E-state index is 12.4. The van der Waals surface area contributed by atoms with Crippen LogP contribution in [-0.2, 0) is 0 Å². The van der Waals surface area contributed by atoms with Crippen molar-refractivity contribution in [1.82, 2.24) is 20.0 Å². The van der Waals surface area contributed by atoms with Gasteiger partial charge in [0.15, 0.2) is 5.69 Å². The Hall–Kier alpha value is -2.37. The van der Waals surface area contributed by atoms with Crippen molar-refractivity contribution in [1.29, 1.82) is 0 Å². The molecular weight excluding hydrogens is 292 g/mol. The first kappa shape index (κ1) is 17.0. The Labute approximate surface area is 136 Å². The first-order valence-corrected chi connectivity index (χ1v) is 8.08. The number of aromatic nitrogens is 2. The van der Waals surface area contributed by atoms with Crippen LogP contribution in [0.4, 0.5) is 0 Å². The average molecular weight is 316 g/mol.